The molecule has 49 heavy (non-hydrogen) atoms. The number of anilines is 1. The average molecular weight is 680 g/mol. The number of hydrogen-bond acceptors (Lipinski definition) is 11. The highest BCUT2D eigenvalue weighted by molar-refractivity contribution is 6.25. The number of nitrogens with one attached hydrogen (secondary N) is 4. The van der Waals surface area contributed by atoms with Crippen LogP contribution >= 0.6 is 0 Å². The standard InChI is InChI=1S/C34H41N5O10/c40-29-9-8-28(32(42)38-29)39-33(43)24-5-3-7-26(30(24)34(39)44)35-10-12-45-14-16-47-18-20-49-21-19-48-17-15-46-13-11-36-31(41)27-22-23-4-1-2-6-25(23)37-27/h1-7,22,28,35,37H,8-21H2,(H,36,41)(H,38,40,42). The van der Waals surface area contributed by atoms with Crippen LogP contribution in [-0.4, -0.2) is 125 Å². The van der Waals surface area contributed by atoms with E-state index in [1.165, 1.54) is 0 Å². The number of fused-ring (bicyclic) bond motifs is 2. The van der Waals surface area contributed by atoms with Gasteiger partial charge in [0.05, 0.1) is 77.2 Å². The molecule has 1 unspecified atom stereocenters. The molecule has 1 fully saturated rings. The van der Waals surface area contributed by atoms with Crippen molar-refractivity contribution >= 4 is 46.1 Å². The maximum absolute atomic E-state index is 13.1. The fraction of sp³-hybridized carbons (Fsp3) is 0.441. The number of nitrogens with zero attached hydrogens (tertiary/aromatic N) is 1. The van der Waals surface area contributed by atoms with Crippen molar-refractivity contribution in [3.8, 4) is 0 Å². The summed E-state index contributed by atoms with van der Waals surface area (Å²) in [6.07, 6.45) is 0.167. The van der Waals surface area contributed by atoms with Crippen LogP contribution in [0.3, 0.4) is 0 Å². The molecule has 5 rings (SSSR count). The maximum atomic E-state index is 13.1. The first-order valence-electron chi connectivity index (χ1n) is 16.3. The predicted octanol–water partition coefficient (Wildman–Crippen LogP) is 1.49. The van der Waals surface area contributed by atoms with Gasteiger partial charge in [0.2, 0.25) is 11.8 Å². The van der Waals surface area contributed by atoms with Crippen LogP contribution in [-0.2, 0) is 33.3 Å². The number of para-hydroxylation sites is 1. The summed E-state index contributed by atoms with van der Waals surface area (Å²) < 4.78 is 27.6. The number of rotatable bonds is 21. The van der Waals surface area contributed by atoms with Crippen molar-refractivity contribution in [3.05, 3.63) is 65.4 Å². The number of imide groups is 2. The molecule has 0 aliphatic carbocycles. The number of piperidine rings is 1. The van der Waals surface area contributed by atoms with E-state index in [9.17, 15) is 24.0 Å². The van der Waals surface area contributed by atoms with Gasteiger partial charge in [-0.25, -0.2) is 0 Å². The lowest BCUT2D eigenvalue weighted by Gasteiger charge is -2.27. The number of aromatic nitrogens is 1. The summed E-state index contributed by atoms with van der Waals surface area (Å²) >= 11 is 0. The minimum Gasteiger partial charge on any atom is -0.382 e. The van der Waals surface area contributed by atoms with Gasteiger partial charge in [0.1, 0.15) is 11.7 Å². The van der Waals surface area contributed by atoms with Crippen molar-refractivity contribution in [1.29, 1.82) is 0 Å². The minimum absolute atomic E-state index is 0.0644. The molecule has 2 aromatic carbocycles. The molecule has 1 saturated heterocycles. The molecule has 15 nitrogen and oxygen atoms in total. The SMILES string of the molecule is O=C1CCC(N2C(=O)c3cccc(NCCOCCOCCOCCOCCOCCNC(=O)c4cc5ccccc5[nH]4)c3C2=O)C(=O)N1. The average Bonchev–Trinajstić information content (AvgIpc) is 3.65. The molecule has 5 amide bonds. The zero-order valence-electron chi connectivity index (χ0n) is 27.1. The highest BCUT2D eigenvalue weighted by Gasteiger charge is 2.45. The molecule has 15 heteroatoms. The third-order valence-electron chi connectivity index (χ3n) is 7.82. The minimum atomic E-state index is -1.01. The molecule has 0 bridgehead atoms. The Bertz CT molecular complexity index is 1590. The lowest BCUT2D eigenvalue weighted by atomic mass is 10.0. The smallest absolute Gasteiger partial charge is 0.267 e. The summed E-state index contributed by atoms with van der Waals surface area (Å²) in [7, 11) is 0. The Morgan fingerprint density at radius 3 is 2.04 bits per heavy atom. The lowest BCUT2D eigenvalue weighted by Crippen LogP contribution is -2.54. The van der Waals surface area contributed by atoms with Crippen LogP contribution in [0.25, 0.3) is 10.9 Å². The third-order valence-corrected chi connectivity index (χ3v) is 7.82. The third kappa shape index (κ3) is 9.70. The van der Waals surface area contributed by atoms with Crippen molar-refractivity contribution < 1.29 is 47.7 Å². The van der Waals surface area contributed by atoms with Gasteiger partial charge in [-0.1, -0.05) is 24.3 Å². The molecule has 0 radical (unpaired) electrons. The molecule has 1 aromatic heterocycles. The topological polar surface area (TPSA) is 187 Å². The lowest BCUT2D eigenvalue weighted by molar-refractivity contribution is -0.136. The van der Waals surface area contributed by atoms with E-state index in [4.69, 9.17) is 23.7 Å². The molecule has 2 aliphatic heterocycles. The zero-order valence-corrected chi connectivity index (χ0v) is 27.1. The van der Waals surface area contributed by atoms with Crippen molar-refractivity contribution in [1.82, 2.24) is 20.5 Å². The van der Waals surface area contributed by atoms with E-state index in [-0.39, 0.29) is 29.9 Å². The van der Waals surface area contributed by atoms with Crippen LogP contribution in [0.15, 0.2) is 48.5 Å². The van der Waals surface area contributed by atoms with Crippen molar-refractivity contribution in [2.45, 2.75) is 18.9 Å². The number of H-pyrrole nitrogens is 1. The van der Waals surface area contributed by atoms with Crippen LogP contribution in [0.1, 0.15) is 44.0 Å². The van der Waals surface area contributed by atoms with Crippen LogP contribution in [0.4, 0.5) is 5.69 Å². The van der Waals surface area contributed by atoms with E-state index in [1.807, 2.05) is 30.3 Å². The summed E-state index contributed by atoms with van der Waals surface area (Å²) in [5.74, 6) is -2.35. The molecule has 262 valence electrons. The van der Waals surface area contributed by atoms with Crippen molar-refractivity contribution in [2.75, 3.05) is 84.5 Å². The fourth-order valence-electron chi connectivity index (χ4n) is 5.43. The number of amides is 5. The quantitative estimate of drug-likeness (QED) is 0.0944. The second-order valence-electron chi connectivity index (χ2n) is 11.2. The Morgan fingerprint density at radius 1 is 0.755 bits per heavy atom. The van der Waals surface area contributed by atoms with Gasteiger partial charge in [0.15, 0.2) is 0 Å². The van der Waals surface area contributed by atoms with Gasteiger partial charge < -0.3 is 39.3 Å². The van der Waals surface area contributed by atoms with Gasteiger partial charge >= 0.3 is 0 Å². The Balaban J connectivity index is 0.820. The van der Waals surface area contributed by atoms with Crippen molar-refractivity contribution in [2.24, 2.45) is 0 Å². The van der Waals surface area contributed by atoms with Crippen LogP contribution < -0.4 is 16.0 Å². The van der Waals surface area contributed by atoms with E-state index < -0.39 is 29.7 Å². The predicted molar refractivity (Wildman–Crippen MR) is 176 cm³/mol. The molecule has 1 atom stereocenters. The van der Waals surface area contributed by atoms with Gasteiger partial charge in [-0.3, -0.25) is 34.2 Å². The Morgan fingerprint density at radius 2 is 1.39 bits per heavy atom. The largest absolute Gasteiger partial charge is 0.382 e. The summed E-state index contributed by atoms with van der Waals surface area (Å²) in [5, 5.41) is 9.14. The van der Waals surface area contributed by atoms with E-state index in [2.05, 4.69) is 20.9 Å². The van der Waals surface area contributed by atoms with Gasteiger partial charge in [-0.05, 0) is 30.7 Å². The number of ether oxygens (including phenoxy) is 5. The Labute approximate surface area is 282 Å². The first-order valence-corrected chi connectivity index (χ1v) is 16.3. The van der Waals surface area contributed by atoms with Gasteiger partial charge in [-0.2, -0.15) is 0 Å². The van der Waals surface area contributed by atoms with Crippen LogP contribution in [0, 0.1) is 0 Å². The van der Waals surface area contributed by atoms with Gasteiger partial charge in [0.25, 0.3) is 17.7 Å². The Kier molecular flexibility index (Phi) is 13.2. The molecular formula is C34H41N5O10. The molecule has 0 saturated carbocycles. The zero-order chi connectivity index (χ0) is 34.4. The van der Waals surface area contributed by atoms with Crippen LogP contribution in [0.2, 0.25) is 0 Å². The highest BCUT2D eigenvalue weighted by atomic mass is 16.6. The molecular weight excluding hydrogens is 638 g/mol. The highest BCUT2D eigenvalue weighted by Crippen LogP contribution is 2.32. The second kappa shape index (κ2) is 18.2. The molecule has 2 aliphatic rings. The fourth-order valence-corrected chi connectivity index (χ4v) is 5.43. The molecule has 3 aromatic rings. The van der Waals surface area contributed by atoms with Gasteiger partial charge in [-0.15, -0.1) is 0 Å². The van der Waals surface area contributed by atoms with Crippen molar-refractivity contribution in [3.63, 3.8) is 0 Å². The molecule has 3 heterocycles. The monoisotopic (exact) mass is 679 g/mol. The van der Waals surface area contributed by atoms with E-state index in [0.717, 1.165) is 15.8 Å². The Hall–Kier alpha value is -4.67. The number of benzene rings is 2. The van der Waals surface area contributed by atoms with Crippen LogP contribution in [0.5, 0.6) is 0 Å². The number of carbonyl (C=O) groups excluding carboxylic acids is 5. The van der Waals surface area contributed by atoms with Gasteiger partial charge in [0, 0.05) is 36.1 Å². The number of hydrogen-bond donors (Lipinski definition) is 4. The first kappa shape index (κ1) is 35.6. The summed E-state index contributed by atoms with van der Waals surface area (Å²) in [6, 6.07) is 13.4. The summed E-state index contributed by atoms with van der Waals surface area (Å²) in [6.45, 7) is 4.76. The summed E-state index contributed by atoms with van der Waals surface area (Å²) in [5.41, 5.74) is 2.34. The number of carbonyl (C=O) groups is 5. The maximum Gasteiger partial charge on any atom is 0.267 e. The number of aromatic amines is 1. The van der Waals surface area contributed by atoms with E-state index >= 15 is 0 Å². The first-order chi connectivity index (χ1) is 23.9. The summed E-state index contributed by atoms with van der Waals surface area (Å²) in [4.78, 5) is 66.1. The van der Waals surface area contributed by atoms with E-state index in [1.54, 1.807) is 18.2 Å². The normalized spacial score (nSPS) is 15.9. The molecule has 0 spiro atoms. The second-order valence-corrected chi connectivity index (χ2v) is 11.2. The van der Waals surface area contributed by atoms with E-state index in [0.29, 0.717) is 90.5 Å². The molecule has 4 N–H and O–H groups in total.